The van der Waals surface area contributed by atoms with E-state index in [0.717, 1.165) is 46.4 Å². The molecule has 0 unspecified atom stereocenters. The fourth-order valence-corrected chi connectivity index (χ4v) is 3.70. The molecule has 0 saturated carbocycles. The SMILES string of the molecule is CCCCOc1ccc(C)cc1-c1ccc(COc2ccc(C=CC(=O)OC)c(OC(Br)=C(C)C)c2)cc1. The molecule has 200 valence electrons. The number of hydrogen-bond acceptors (Lipinski definition) is 5. The Hall–Kier alpha value is -3.51. The van der Waals surface area contributed by atoms with Crippen LogP contribution in [0, 0.1) is 6.92 Å². The number of esters is 1. The second-order valence-corrected chi connectivity index (χ2v) is 9.84. The Morgan fingerprint density at radius 3 is 2.39 bits per heavy atom. The standard InChI is InChI=1S/C32H35BrO5/c1-6-7-18-36-29-16-8-23(4)19-28(29)25-11-9-24(10-12-25)21-37-27-15-13-26(14-17-31(34)35-5)30(20-27)38-32(33)22(2)3/h8-17,19-20H,6-7,18,21H2,1-5H3. The highest BCUT2D eigenvalue weighted by Gasteiger charge is 2.10. The van der Waals surface area contributed by atoms with E-state index in [1.54, 1.807) is 6.08 Å². The number of unbranched alkanes of at least 4 members (excludes halogenated alkanes) is 1. The van der Waals surface area contributed by atoms with Gasteiger partial charge in [-0.1, -0.05) is 49.2 Å². The van der Waals surface area contributed by atoms with Crippen molar-refractivity contribution in [2.75, 3.05) is 13.7 Å². The van der Waals surface area contributed by atoms with Gasteiger partial charge in [0, 0.05) is 23.3 Å². The van der Waals surface area contributed by atoms with Crippen molar-refractivity contribution in [3.63, 3.8) is 0 Å². The van der Waals surface area contributed by atoms with E-state index in [1.165, 1.54) is 18.7 Å². The molecule has 0 fully saturated rings. The van der Waals surface area contributed by atoms with E-state index in [4.69, 9.17) is 18.9 Å². The number of benzene rings is 3. The first kappa shape index (κ1) is 29.1. The molecule has 0 bridgehead atoms. The maximum atomic E-state index is 11.6. The number of allylic oxidation sites excluding steroid dienone is 1. The fourth-order valence-electron chi connectivity index (χ4n) is 3.52. The Balaban J connectivity index is 1.76. The molecule has 0 heterocycles. The summed E-state index contributed by atoms with van der Waals surface area (Å²) in [6, 6.07) is 20.1. The van der Waals surface area contributed by atoms with Crippen LogP contribution in [0.4, 0.5) is 0 Å². The molecule has 0 atom stereocenters. The van der Waals surface area contributed by atoms with E-state index < -0.39 is 5.97 Å². The summed E-state index contributed by atoms with van der Waals surface area (Å²) in [5.41, 5.74) is 6.13. The summed E-state index contributed by atoms with van der Waals surface area (Å²) < 4.78 is 23.4. The smallest absolute Gasteiger partial charge is 0.330 e. The highest BCUT2D eigenvalue weighted by Crippen LogP contribution is 2.33. The predicted octanol–water partition coefficient (Wildman–Crippen LogP) is 8.63. The lowest BCUT2D eigenvalue weighted by molar-refractivity contribution is -0.134. The zero-order chi connectivity index (χ0) is 27.5. The average molecular weight is 580 g/mol. The van der Waals surface area contributed by atoms with E-state index >= 15 is 0 Å². The number of rotatable bonds is 12. The second-order valence-electron chi connectivity index (χ2n) is 9.12. The van der Waals surface area contributed by atoms with Crippen LogP contribution in [0.25, 0.3) is 17.2 Å². The molecule has 0 amide bonds. The Morgan fingerprint density at radius 1 is 0.947 bits per heavy atom. The normalized spacial score (nSPS) is 10.8. The molecule has 0 saturated heterocycles. The monoisotopic (exact) mass is 578 g/mol. The predicted molar refractivity (Wildman–Crippen MR) is 157 cm³/mol. The van der Waals surface area contributed by atoms with Gasteiger partial charge in [-0.25, -0.2) is 4.79 Å². The number of ether oxygens (including phenoxy) is 4. The molecule has 38 heavy (non-hydrogen) atoms. The molecule has 5 nitrogen and oxygen atoms in total. The van der Waals surface area contributed by atoms with E-state index in [9.17, 15) is 4.79 Å². The lowest BCUT2D eigenvalue weighted by atomic mass is 10.0. The summed E-state index contributed by atoms with van der Waals surface area (Å²) in [5.74, 6) is 1.68. The van der Waals surface area contributed by atoms with Crippen LogP contribution in [-0.4, -0.2) is 19.7 Å². The van der Waals surface area contributed by atoms with Crippen LogP contribution in [0.3, 0.4) is 0 Å². The zero-order valence-electron chi connectivity index (χ0n) is 22.7. The highest BCUT2D eigenvalue weighted by molar-refractivity contribution is 9.11. The molecule has 0 aliphatic carbocycles. The minimum Gasteiger partial charge on any atom is -0.493 e. The molecule has 0 N–H and O–H groups in total. The fraction of sp³-hybridized carbons (Fsp3) is 0.281. The van der Waals surface area contributed by atoms with Gasteiger partial charge >= 0.3 is 5.97 Å². The largest absolute Gasteiger partial charge is 0.493 e. The first-order valence-corrected chi connectivity index (χ1v) is 13.5. The summed E-state index contributed by atoms with van der Waals surface area (Å²) in [6.45, 7) is 9.24. The third-order valence-electron chi connectivity index (χ3n) is 5.74. The summed E-state index contributed by atoms with van der Waals surface area (Å²) in [7, 11) is 1.34. The zero-order valence-corrected chi connectivity index (χ0v) is 24.3. The molecular weight excluding hydrogens is 544 g/mol. The van der Waals surface area contributed by atoms with Crippen LogP contribution in [0.1, 0.15) is 50.3 Å². The van der Waals surface area contributed by atoms with Gasteiger partial charge in [0.2, 0.25) is 0 Å². The Kier molecular flexibility index (Phi) is 11.0. The number of carbonyl (C=O) groups excluding carboxylic acids is 1. The molecule has 3 rings (SSSR count). The summed E-state index contributed by atoms with van der Waals surface area (Å²) in [4.78, 5) is 11.6. The molecule has 0 radical (unpaired) electrons. The third-order valence-corrected chi connectivity index (χ3v) is 6.69. The van der Waals surface area contributed by atoms with Gasteiger partial charge in [0.15, 0.2) is 4.67 Å². The average Bonchev–Trinajstić information content (AvgIpc) is 2.92. The second kappa shape index (κ2) is 14.4. The van der Waals surface area contributed by atoms with Gasteiger partial charge in [-0.3, -0.25) is 0 Å². The molecule has 0 aliphatic heterocycles. The molecule has 0 aromatic heterocycles. The van der Waals surface area contributed by atoms with Gasteiger partial charge in [-0.2, -0.15) is 0 Å². The minimum atomic E-state index is -0.439. The lowest BCUT2D eigenvalue weighted by Crippen LogP contribution is -1.99. The van der Waals surface area contributed by atoms with E-state index in [-0.39, 0.29) is 0 Å². The van der Waals surface area contributed by atoms with Crippen LogP contribution in [0.15, 0.2) is 77.0 Å². The van der Waals surface area contributed by atoms with Crippen molar-refractivity contribution in [2.24, 2.45) is 0 Å². The topological polar surface area (TPSA) is 54.0 Å². The molecule has 0 spiro atoms. The highest BCUT2D eigenvalue weighted by atomic mass is 79.9. The van der Waals surface area contributed by atoms with E-state index in [0.29, 0.717) is 29.4 Å². The maximum Gasteiger partial charge on any atom is 0.330 e. The quantitative estimate of drug-likeness (QED) is 0.0931. The van der Waals surface area contributed by atoms with E-state index in [1.807, 2.05) is 32.0 Å². The van der Waals surface area contributed by atoms with Crippen molar-refractivity contribution in [2.45, 2.75) is 47.1 Å². The van der Waals surface area contributed by atoms with Gasteiger partial charge in [0.1, 0.15) is 23.9 Å². The number of aryl methyl sites for hydroxylation is 1. The van der Waals surface area contributed by atoms with E-state index in [2.05, 4.69) is 72.2 Å². The Labute approximate surface area is 234 Å². The van der Waals surface area contributed by atoms with Gasteiger partial charge in [-0.05, 0) is 90.2 Å². The molecule has 6 heteroatoms. The summed E-state index contributed by atoms with van der Waals surface area (Å²) in [6.07, 6.45) is 5.14. The van der Waals surface area contributed by atoms with Crippen LogP contribution in [0.5, 0.6) is 17.2 Å². The number of methoxy groups -OCH3 is 1. The number of carbonyl (C=O) groups is 1. The van der Waals surface area contributed by atoms with Crippen LogP contribution >= 0.6 is 15.9 Å². The molecule has 3 aromatic rings. The Bertz CT molecular complexity index is 1290. The first-order chi connectivity index (χ1) is 18.3. The minimum absolute atomic E-state index is 0.397. The van der Waals surface area contributed by atoms with Crippen molar-refractivity contribution in [3.05, 3.63) is 93.7 Å². The van der Waals surface area contributed by atoms with Crippen LogP contribution in [0.2, 0.25) is 0 Å². The molecule has 0 aliphatic rings. The van der Waals surface area contributed by atoms with Gasteiger partial charge in [0.25, 0.3) is 0 Å². The molecular formula is C32H35BrO5. The maximum absolute atomic E-state index is 11.6. The van der Waals surface area contributed by atoms with Gasteiger partial charge in [-0.15, -0.1) is 0 Å². The van der Waals surface area contributed by atoms with Crippen molar-refractivity contribution < 1.29 is 23.7 Å². The lowest BCUT2D eigenvalue weighted by Gasteiger charge is -2.14. The number of halogens is 1. The number of hydrogen-bond donors (Lipinski definition) is 0. The van der Waals surface area contributed by atoms with Gasteiger partial charge < -0.3 is 18.9 Å². The van der Waals surface area contributed by atoms with Crippen LogP contribution in [-0.2, 0) is 16.1 Å². The van der Waals surface area contributed by atoms with Crippen molar-refractivity contribution in [1.82, 2.24) is 0 Å². The van der Waals surface area contributed by atoms with Crippen molar-refractivity contribution >= 4 is 28.0 Å². The summed E-state index contributed by atoms with van der Waals surface area (Å²) >= 11 is 3.45. The van der Waals surface area contributed by atoms with Gasteiger partial charge in [0.05, 0.1) is 13.7 Å². The third kappa shape index (κ3) is 8.52. The van der Waals surface area contributed by atoms with Crippen LogP contribution < -0.4 is 14.2 Å². The van der Waals surface area contributed by atoms with Crippen molar-refractivity contribution in [3.8, 4) is 28.4 Å². The van der Waals surface area contributed by atoms with Crippen molar-refractivity contribution in [1.29, 1.82) is 0 Å². The summed E-state index contributed by atoms with van der Waals surface area (Å²) in [5, 5.41) is 0. The first-order valence-electron chi connectivity index (χ1n) is 12.7. The Morgan fingerprint density at radius 2 is 1.71 bits per heavy atom. The molecule has 3 aromatic carbocycles.